The lowest BCUT2D eigenvalue weighted by molar-refractivity contribution is 0.0696. The average molecular weight is 507 g/mol. The number of aryl methyl sites for hydroxylation is 3. The lowest BCUT2D eigenvalue weighted by atomic mass is 9.77. The van der Waals surface area contributed by atoms with Crippen molar-refractivity contribution in [2.24, 2.45) is 5.92 Å². The van der Waals surface area contributed by atoms with Crippen LogP contribution in [0.5, 0.6) is 5.75 Å². The van der Waals surface area contributed by atoms with Gasteiger partial charge < -0.3 is 9.84 Å². The van der Waals surface area contributed by atoms with Crippen LogP contribution in [0, 0.1) is 19.8 Å². The molecule has 0 radical (unpaired) electrons. The molecule has 5 rings (SSSR count). The van der Waals surface area contributed by atoms with E-state index < -0.39 is 5.97 Å². The third-order valence-electron chi connectivity index (χ3n) is 7.95. The molecule has 2 aliphatic rings. The highest BCUT2D eigenvalue weighted by Crippen LogP contribution is 2.41. The smallest absolute Gasteiger partial charge is 0.335 e. The van der Waals surface area contributed by atoms with Gasteiger partial charge >= 0.3 is 5.97 Å². The number of carboxylic acids is 1. The van der Waals surface area contributed by atoms with Crippen LogP contribution in [0.3, 0.4) is 0 Å². The third-order valence-corrected chi connectivity index (χ3v) is 8.20. The molecule has 0 saturated heterocycles. The number of fused-ring (bicyclic) bond motifs is 1. The molecule has 1 N–H and O–H groups in total. The van der Waals surface area contributed by atoms with Crippen LogP contribution in [0.1, 0.15) is 89.3 Å². The molecule has 1 saturated carbocycles. The van der Waals surface area contributed by atoms with E-state index in [0.717, 1.165) is 40.4 Å². The molecule has 36 heavy (non-hydrogen) atoms. The fourth-order valence-electron chi connectivity index (χ4n) is 6.19. The zero-order chi connectivity index (χ0) is 25.2. The number of ether oxygens (including phenoxy) is 1. The SMILES string of the molecule is Cc1cc(C(=O)O)cc(C)c1OCC(c1c2c(nn1-c1ccc(Cl)cc1)CCCC2)C1CCCCC1. The fourth-order valence-corrected chi connectivity index (χ4v) is 6.31. The predicted molar refractivity (Wildman–Crippen MR) is 143 cm³/mol. The summed E-state index contributed by atoms with van der Waals surface area (Å²) >= 11 is 6.22. The molecular weight excluding hydrogens is 472 g/mol. The molecule has 0 bridgehead atoms. The first-order valence-electron chi connectivity index (χ1n) is 13.3. The molecule has 2 aliphatic carbocycles. The van der Waals surface area contributed by atoms with Gasteiger partial charge in [-0.25, -0.2) is 9.48 Å². The summed E-state index contributed by atoms with van der Waals surface area (Å²) in [5.41, 5.74) is 7.01. The van der Waals surface area contributed by atoms with Gasteiger partial charge in [0.15, 0.2) is 0 Å². The summed E-state index contributed by atoms with van der Waals surface area (Å²) in [7, 11) is 0. The molecule has 0 aliphatic heterocycles. The summed E-state index contributed by atoms with van der Waals surface area (Å²) < 4.78 is 8.76. The lowest BCUT2D eigenvalue weighted by Crippen LogP contribution is -2.26. The number of hydrogen-bond donors (Lipinski definition) is 1. The Morgan fingerprint density at radius 2 is 1.72 bits per heavy atom. The Morgan fingerprint density at radius 1 is 1.06 bits per heavy atom. The van der Waals surface area contributed by atoms with E-state index in [1.165, 1.54) is 61.9 Å². The Balaban J connectivity index is 1.56. The second kappa shape index (κ2) is 10.7. The highest BCUT2D eigenvalue weighted by Gasteiger charge is 2.34. The van der Waals surface area contributed by atoms with Crippen molar-refractivity contribution >= 4 is 17.6 Å². The molecule has 1 aromatic heterocycles. The van der Waals surface area contributed by atoms with Crippen molar-refractivity contribution in [3.63, 3.8) is 0 Å². The van der Waals surface area contributed by atoms with Gasteiger partial charge in [0, 0.05) is 10.9 Å². The van der Waals surface area contributed by atoms with E-state index in [9.17, 15) is 9.90 Å². The molecule has 0 amide bonds. The zero-order valence-corrected chi connectivity index (χ0v) is 22.0. The van der Waals surface area contributed by atoms with Gasteiger partial charge in [0.25, 0.3) is 0 Å². The minimum Gasteiger partial charge on any atom is -0.492 e. The van der Waals surface area contributed by atoms with Gasteiger partial charge in [-0.3, -0.25) is 0 Å². The number of hydrogen-bond acceptors (Lipinski definition) is 3. The van der Waals surface area contributed by atoms with Crippen molar-refractivity contribution in [2.75, 3.05) is 6.61 Å². The van der Waals surface area contributed by atoms with Crippen LogP contribution in [-0.2, 0) is 12.8 Å². The summed E-state index contributed by atoms with van der Waals surface area (Å²) in [6, 6.07) is 11.4. The summed E-state index contributed by atoms with van der Waals surface area (Å²) in [4.78, 5) is 11.5. The summed E-state index contributed by atoms with van der Waals surface area (Å²) in [6.45, 7) is 4.43. The van der Waals surface area contributed by atoms with E-state index in [0.29, 0.717) is 18.1 Å². The number of aromatic nitrogens is 2. The van der Waals surface area contributed by atoms with Crippen LogP contribution >= 0.6 is 11.6 Å². The molecule has 2 aromatic carbocycles. The maximum atomic E-state index is 11.5. The highest BCUT2D eigenvalue weighted by atomic mass is 35.5. The predicted octanol–water partition coefficient (Wildman–Crippen LogP) is 7.46. The molecule has 6 heteroatoms. The van der Waals surface area contributed by atoms with E-state index in [-0.39, 0.29) is 5.92 Å². The van der Waals surface area contributed by atoms with Crippen molar-refractivity contribution in [3.05, 3.63) is 75.1 Å². The Morgan fingerprint density at radius 3 is 2.39 bits per heavy atom. The van der Waals surface area contributed by atoms with E-state index in [2.05, 4.69) is 16.8 Å². The van der Waals surface area contributed by atoms with Gasteiger partial charge in [0.2, 0.25) is 0 Å². The fraction of sp³-hybridized carbons (Fsp3) is 0.467. The van der Waals surface area contributed by atoms with Crippen molar-refractivity contribution in [1.82, 2.24) is 9.78 Å². The van der Waals surface area contributed by atoms with Gasteiger partial charge in [-0.1, -0.05) is 30.9 Å². The molecule has 1 fully saturated rings. The number of rotatable bonds is 7. The van der Waals surface area contributed by atoms with Gasteiger partial charge in [-0.2, -0.15) is 5.10 Å². The van der Waals surface area contributed by atoms with Crippen molar-refractivity contribution in [3.8, 4) is 11.4 Å². The van der Waals surface area contributed by atoms with Crippen molar-refractivity contribution < 1.29 is 14.6 Å². The first kappa shape index (κ1) is 24.9. The van der Waals surface area contributed by atoms with Crippen LogP contribution in [0.15, 0.2) is 36.4 Å². The number of nitrogens with zero attached hydrogens (tertiary/aromatic N) is 2. The minimum atomic E-state index is -0.911. The number of carboxylic acid groups (broad SMARTS) is 1. The summed E-state index contributed by atoms with van der Waals surface area (Å²) in [5.74, 6) is 0.637. The van der Waals surface area contributed by atoms with Crippen molar-refractivity contribution in [1.29, 1.82) is 0 Å². The van der Waals surface area contributed by atoms with E-state index in [1.807, 2.05) is 26.0 Å². The van der Waals surface area contributed by atoms with Gasteiger partial charge in [-0.05, 0) is 111 Å². The molecule has 5 nitrogen and oxygen atoms in total. The van der Waals surface area contributed by atoms with E-state index in [1.54, 1.807) is 12.1 Å². The standard InChI is InChI=1S/C30H35ClN2O3/c1-19-16-22(30(34)35)17-20(2)29(19)36-18-26(21-8-4-3-5-9-21)28-25-10-6-7-11-27(25)32-33(28)24-14-12-23(31)13-15-24/h12-17,21,26H,3-11,18H2,1-2H3,(H,34,35). The Kier molecular flexibility index (Phi) is 7.38. The van der Waals surface area contributed by atoms with Crippen LogP contribution in [0.25, 0.3) is 5.69 Å². The van der Waals surface area contributed by atoms with Crippen LogP contribution in [0.4, 0.5) is 0 Å². The molecule has 1 heterocycles. The highest BCUT2D eigenvalue weighted by molar-refractivity contribution is 6.30. The van der Waals surface area contributed by atoms with Gasteiger partial charge in [0.05, 0.1) is 29.2 Å². The number of aromatic carboxylic acids is 1. The van der Waals surface area contributed by atoms with Crippen LogP contribution in [-0.4, -0.2) is 27.5 Å². The minimum absolute atomic E-state index is 0.216. The zero-order valence-electron chi connectivity index (χ0n) is 21.2. The number of benzene rings is 2. The van der Waals surface area contributed by atoms with Crippen LogP contribution < -0.4 is 4.74 Å². The Labute approximate surface area is 218 Å². The lowest BCUT2D eigenvalue weighted by Gasteiger charge is -2.32. The first-order valence-corrected chi connectivity index (χ1v) is 13.6. The monoisotopic (exact) mass is 506 g/mol. The summed E-state index contributed by atoms with van der Waals surface area (Å²) in [6.07, 6.45) is 10.7. The molecule has 190 valence electrons. The molecular formula is C30H35ClN2O3. The van der Waals surface area contributed by atoms with Crippen molar-refractivity contribution in [2.45, 2.75) is 77.6 Å². The summed E-state index contributed by atoms with van der Waals surface area (Å²) in [5, 5.41) is 15.3. The maximum absolute atomic E-state index is 11.5. The van der Waals surface area contributed by atoms with E-state index >= 15 is 0 Å². The van der Waals surface area contributed by atoms with E-state index in [4.69, 9.17) is 21.4 Å². The van der Waals surface area contributed by atoms with Gasteiger partial charge in [0.1, 0.15) is 5.75 Å². The van der Waals surface area contributed by atoms with Crippen LogP contribution in [0.2, 0.25) is 5.02 Å². The second-order valence-corrected chi connectivity index (χ2v) is 10.9. The Bertz CT molecular complexity index is 1220. The normalized spacial score (nSPS) is 17.0. The average Bonchev–Trinajstić information content (AvgIpc) is 3.26. The maximum Gasteiger partial charge on any atom is 0.335 e. The molecule has 0 spiro atoms. The Hall–Kier alpha value is -2.79. The largest absolute Gasteiger partial charge is 0.492 e. The molecule has 1 unspecified atom stereocenters. The topological polar surface area (TPSA) is 64.3 Å². The number of halogens is 1. The number of carbonyl (C=O) groups is 1. The molecule has 3 aromatic rings. The third kappa shape index (κ3) is 5.04. The first-order chi connectivity index (χ1) is 17.4. The van der Waals surface area contributed by atoms with Gasteiger partial charge in [-0.15, -0.1) is 0 Å². The second-order valence-electron chi connectivity index (χ2n) is 10.5. The quantitative estimate of drug-likeness (QED) is 0.361. The molecule has 1 atom stereocenters.